The zero-order chi connectivity index (χ0) is 23.7. The summed E-state index contributed by atoms with van der Waals surface area (Å²) in [5.74, 6) is -0.488. The number of sulfonamides is 1. The topological polar surface area (TPSA) is 95.2 Å². The highest BCUT2D eigenvalue weighted by molar-refractivity contribution is 7.89. The molecule has 3 aromatic carbocycles. The van der Waals surface area contributed by atoms with Crippen LogP contribution in [0, 0.1) is 11.7 Å². The van der Waals surface area contributed by atoms with Crippen LogP contribution in [0.2, 0.25) is 0 Å². The first-order chi connectivity index (χ1) is 16.4. The monoisotopic (exact) mass is 478 g/mol. The van der Waals surface area contributed by atoms with Crippen molar-refractivity contribution in [1.29, 1.82) is 0 Å². The van der Waals surface area contributed by atoms with Gasteiger partial charge in [-0.25, -0.2) is 17.8 Å². The van der Waals surface area contributed by atoms with E-state index in [0.717, 1.165) is 28.5 Å². The number of nitrogens with zero attached hydrogens (tertiary/aromatic N) is 2. The van der Waals surface area contributed by atoms with Gasteiger partial charge in [0.15, 0.2) is 0 Å². The summed E-state index contributed by atoms with van der Waals surface area (Å²) in [4.78, 5) is 20.3. The maximum Gasteiger partial charge on any atom is 0.245 e. The van der Waals surface area contributed by atoms with Crippen molar-refractivity contribution in [1.82, 2.24) is 14.3 Å². The summed E-state index contributed by atoms with van der Waals surface area (Å²) in [6.45, 7) is 0.333. The number of hydrogen-bond donors (Lipinski definition) is 2. The van der Waals surface area contributed by atoms with Crippen LogP contribution in [-0.4, -0.2) is 41.7 Å². The van der Waals surface area contributed by atoms with E-state index in [1.54, 1.807) is 0 Å². The summed E-state index contributed by atoms with van der Waals surface area (Å²) in [7, 11) is -3.92. The predicted octanol–water partition coefficient (Wildman–Crippen LogP) is 4.41. The molecule has 0 aliphatic carbocycles. The number of nitrogens with one attached hydrogen (secondary N) is 2. The van der Waals surface area contributed by atoms with Crippen LogP contribution in [0.5, 0.6) is 0 Å². The number of amides is 1. The van der Waals surface area contributed by atoms with E-state index in [0.29, 0.717) is 18.5 Å². The summed E-state index contributed by atoms with van der Waals surface area (Å²) >= 11 is 0. The Hall–Kier alpha value is -3.56. The van der Waals surface area contributed by atoms with E-state index < -0.39 is 15.8 Å². The van der Waals surface area contributed by atoms with Gasteiger partial charge in [0.05, 0.1) is 11.0 Å². The number of halogens is 1. The molecule has 0 saturated carbocycles. The fraction of sp³-hybridized carbons (Fsp3) is 0.200. The quantitative estimate of drug-likeness (QED) is 0.444. The van der Waals surface area contributed by atoms with Crippen molar-refractivity contribution in [2.45, 2.75) is 17.7 Å². The third kappa shape index (κ3) is 4.32. The van der Waals surface area contributed by atoms with Crippen LogP contribution in [0.1, 0.15) is 12.8 Å². The first-order valence-corrected chi connectivity index (χ1v) is 12.5. The van der Waals surface area contributed by atoms with Crippen LogP contribution in [-0.2, 0) is 14.8 Å². The number of aromatic nitrogens is 2. The van der Waals surface area contributed by atoms with Gasteiger partial charge in [-0.2, -0.15) is 4.31 Å². The van der Waals surface area contributed by atoms with Gasteiger partial charge in [-0.05, 0) is 61.4 Å². The zero-order valence-electron chi connectivity index (χ0n) is 18.2. The summed E-state index contributed by atoms with van der Waals surface area (Å²) in [5.41, 5.74) is 3.41. The largest absolute Gasteiger partial charge is 0.338 e. The molecule has 174 valence electrons. The summed E-state index contributed by atoms with van der Waals surface area (Å²) in [5, 5.41) is 2.91. The van der Waals surface area contributed by atoms with E-state index >= 15 is 0 Å². The molecule has 1 aliphatic rings. The molecule has 0 spiro atoms. The van der Waals surface area contributed by atoms with E-state index in [4.69, 9.17) is 0 Å². The van der Waals surface area contributed by atoms with Gasteiger partial charge in [-0.1, -0.05) is 24.3 Å². The number of fused-ring (bicyclic) bond motifs is 1. The molecule has 1 fully saturated rings. The first-order valence-electron chi connectivity index (χ1n) is 11.0. The van der Waals surface area contributed by atoms with Crippen LogP contribution in [0.15, 0.2) is 77.7 Å². The number of carbonyl (C=O) groups excluding carboxylic acids is 1. The Morgan fingerprint density at radius 3 is 2.35 bits per heavy atom. The van der Waals surface area contributed by atoms with Crippen LogP contribution >= 0.6 is 0 Å². The lowest BCUT2D eigenvalue weighted by Crippen LogP contribution is -2.41. The average Bonchev–Trinajstić information content (AvgIpc) is 3.29. The van der Waals surface area contributed by atoms with Crippen molar-refractivity contribution in [3.8, 4) is 11.4 Å². The fourth-order valence-corrected chi connectivity index (χ4v) is 5.73. The van der Waals surface area contributed by atoms with Crippen molar-refractivity contribution in [2.24, 2.45) is 5.92 Å². The molecule has 1 amide bonds. The Kier molecular flexibility index (Phi) is 5.89. The van der Waals surface area contributed by atoms with Crippen LogP contribution < -0.4 is 5.32 Å². The molecular formula is C25H23FN4O3S. The number of anilines is 1. The molecule has 1 saturated heterocycles. The highest BCUT2D eigenvalue weighted by Gasteiger charge is 2.33. The Balaban J connectivity index is 1.20. The van der Waals surface area contributed by atoms with Crippen LogP contribution in [0.3, 0.4) is 0 Å². The van der Waals surface area contributed by atoms with Crippen molar-refractivity contribution in [3.05, 3.63) is 78.6 Å². The molecule has 0 bridgehead atoms. The smallest absolute Gasteiger partial charge is 0.245 e. The molecule has 0 atom stereocenters. The summed E-state index contributed by atoms with van der Waals surface area (Å²) < 4.78 is 40.8. The molecule has 1 aliphatic heterocycles. The van der Waals surface area contributed by atoms with Gasteiger partial charge in [-0.3, -0.25) is 4.79 Å². The zero-order valence-corrected chi connectivity index (χ0v) is 19.1. The molecule has 9 heteroatoms. The molecule has 0 unspecified atom stereocenters. The summed E-state index contributed by atoms with van der Waals surface area (Å²) in [6.07, 6.45) is 0.743. The lowest BCUT2D eigenvalue weighted by atomic mass is 9.97. The maximum atomic E-state index is 14.0. The average molecular weight is 479 g/mol. The minimum absolute atomic E-state index is 0.153. The first kappa shape index (κ1) is 22.2. The van der Waals surface area contributed by atoms with E-state index in [1.165, 1.54) is 22.5 Å². The van der Waals surface area contributed by atoms with Gasteiger partial charge >= 0.3 is 0 Å². The molecule has 1 aromatic heterocycles. The third-order valence-corrected chi connectivity index (χ3v) is 8.03. The highest BCUT2D eigenvalue weighted by atomic mass is 32.2. The van der Waals surface area contributed by atoms with Gasteiger partial charge < -0.3 is 10.3 Å². The number of carbonyl (C=O) groups is 1. The molecule has 4 aromatic rings. The van der Waals surface area contributed by atoms with Crippen molar-refractivity contribution in [3.63, 3.8) is 0 Å². The molecule has 7 nitrogen and oxygen atoms in total. The Morgan fingerprint density at radius 2 is 1.65 bits per heavy atom. The number of imidazole rings is 1. The van der Waals surface area contributed by atoms with Gasteiger partial charge in [0.25, 0.3) is 0 Å². The molecule has 5 rings (SSSR count). The van der Waals surface area contributed by atoms with Crippen molar-refractivity contribution in [2.75, 3.05) is 18.4 Å². The number of piperidine rings is 1. The number of benzene rings is 3. The molecular weight excluding hydrogens is 455 g/mol. The van der Waals surface area contributed by atoms with E-state index in [-0.39, 0.29) is 29.8 Å². The SMILES string of the molecule is O=C(Nc1ccc(-c2nc3ccccc3[nH]2)cc1)C1CCN(S(=O)(=O)c2ccccc2F)CC1. The number of aromatic amines is 1. The van der Waals surface area contributed by atoms with Gasteiger partial charge in [-0.15, -0.1) is 0 Å². The van der Waals surface area contributed by atoms with E-state index in [2.05, 4.69) is 15.3 Å². The number of hydrogen-bond acceptors (Lipinski definition) is 4. The Bertz CT molecular complexity index is 1410. The van der Waals surface area contributed by atoms with Crippen molar-refractivity contribution < 1.29 is 17.6 Å². The number of H-pyrrole nitrogens is 1. The summed E-state index contributed by atoms with van der Waals surface area (Å²) in [6, 6.07) is 20.5. The van der Waals surface area contributed by atoms with Gasteiger partial charge in [0, 0.05) is 30.3 Å². The second-order valence-corrected chi connectivity index (χ2v) is 10.2. The maximum absolute atomic E-state index is 14.0. The number of rotatable bonds is 5. The predicted molar refractivity (Wildman–Crippen MR) is 128 cm³/mol. The van der Waals surface area contributed by atoms with Crippen LogP contribution in [0.4, 0.5) is 10.1 Å². The fourth-order valence-electron chi connectivity index (χ4n) is 4.20. The minimum Gasteiger partial charge on any atom is -0.338 e. The normalized spacial score (nSPS) is 15.4. The van der Waals surface area contributed by atoms with Crippen molar-refractivity contribution >= 4 is 32.7 Å². The third-order valence-electron chi connectivity index (χ3n) is 6.09. The van der Waals surface area contributed by atoms with Crippen LogP contribution in [0.25, 0.3) is 22.4 Å². The van der Waals surface area contributed by atoms with E-state index in [1.807, 2.05) is 48.5 Å². The minimum atomic E-state index is -3.92. The molecule has 2 N–H and O–H groups in total. The Labute approximate surface area is 196 Å². The standard InChI is InChI=1S/C25H23FN4O3S/c26-20-5-1-4-8-23(20)34(32,33)30-15-13-18(14-16-30)25(31)27-19-11-9-17(10-12-19)24-28-21-6-2-3-7-22(21)29-24/h1-12,18H,13-16H2,(H,27,31)(H,28,29). The highest BCUT2D eigenvalue weighted by Crippen LogP contribution is 2.27. The molecule has 2 heterocycles. The lowest BCUT2D eigenvalue weighted by Gasteiger charge is -2.30. The van der Waals surface area contributed by atoms with Gasteiger partial charge in [0.2, 0.25) is 15.9 Å². The lowest BCUT2D eigenvalue weighted by molar-refractivity contribution is -0.120. The van der Waals surface area contributed by atoms with E-state index in [9.17, 15) is 17.6 Å². The second-order valence-electron chi connectivity index (χ2n) is 8.28. The Morgan fingerprint density at radius 1 is 0.971 bits per heavy atom. The second kappa shape index (κ2) is 9.00. The number of para-hydroxylation sites is 2. The molecule has 34 heavy (non-hydrogen) atoms. The molecule has 0 radical (unpaired) electrons. The van der Waals surface area contributed by atoms with Gasteiger partial charge in [0.1, 0.15) is 16.5 Å².